The van der Waals surface area contributed by atoms with Gasteiger partial charge < -0.3 is 4.74 Å². The van der Waals surface area contributed by atoms with Crippen molar-refractivity contribution in [3.63, 3.8) is 0 Å². The highest BCUT2D eigenvalue weighted by molar-refractivity contribution is 6.17. The van der Waals surface area contributed by atoms with Gasteiger partial charge in [0.15, 0.2) is 0 Å². The monoisotopic (exact) mass is 344 g/mol. The van der Waals surface area contributed by atoms with Gasteiger partial charge in [-0.05, 0) is 29.3 Å². The minimum absolute atomic E-state index is 0.121. The van der Waals surface area contributed by atoms with Crippen molar-refractivity contribution in [3.05, 3.63) is 53.8 Å². The average Bonchev–Trinajstić information content (AvgIpc) is 2.96. The van der Waals surface area contributed by atoms with Crippen LogP contribution in [0, 0.1) is 17.1 Å². The molecule has 0 bridgehead atoms. The number of nitriles is 1. The first-order chi connectivity index (χ1) is 11.6. The van der Waals surface area contributed by atoms with E-state index in [9.17, 15) is 9.18 Å². The third-order valence-electron chi connectivity index (χ3n) is 3.88. The SMILES string of the molecule is N#CC[C@H]1CN(c2ccc(-c3ccc(CCl)cc3)c(F)c2)C(=O)O1. The van der Waals surface area contributed by atoms with Crippen LogP contribution in [0.2, 0.25) is 0 Å². The molecule has 122 valence electrons. The Balaban J connectivity index is 1.84. The normalized spacial score (nSPS) is 16.8. The van der Waals surface area contributed by atoms with Crippen molar-refractivity contribution in [2.75, 3.05) is 11.4 Å². The van der Waals surface area contributed by atoms with Crippen LogP contribution in [0.25, 0.3) is 11.1 Å². The van der Waals surface area contributed by atoms with Crippen LogP contribution in [0.15, 0.2) is 42.5 Å². The summed E-state index contributed by atoms with van der Waals surface area (Å²) in [7, 11) is 0. The molecule has 1 aliphatic heterocycles. The lowest BCUT2D eigenvalue weighted by molar-refractivity contribution is 0.143. The number of cyclic esters (lactones) is 1. The van der Waals surface area contributed by atoms with Crippen LogP contribution in [0.4, 0.5) is 14.9 Å². The lowest BCUT2D eigenvalue weighted by Crippen LogP contribution is -2.24. The van der Waals surface area contributed by atoms with E-state index in [0.717, 1.165) is 11.1 Å². The zero-order valence-corrected chi connectivity index (χ0v) is 13.5. The topological polar surface area (TPSA) is 53.3 Å². The van der Waals surface area contributed by atoms with Crippen LogP contribution >= 0.6 is 11.6 Å². The predicted octanol–water partition coefficient (Wildman–Crippen LogP) is 4.47. The van der Waals surface area contributed by atoms with Crippen molar-refractivity contribution in [1.82, 2.24) is 0 Å². The molecule has 1 saturated heterocycles. The van der Waals surface area contributed by atoms with Crippen LogP contribution in [-0.4, -0.2) is 18.7 Å². The minimum Gasteiger partial charge on any atom is -0.443 e. The van der Waals surface area contributed by atoms with Crippen LogP contribution < -0.4 is 4.90 Å². The molecule has 0 unspecified atom stereocenters. The van der Waals surface area contributed by atoms with E-state index >= 15 is 0 Å². The first kappa shape index (κ1) is 16.3. The molecule has 1 heterocycles. The molecule has 24 heavy (non-hydrogen) atoms. The summed E-state index contributed by atoms with van der Waals surface area (Å²) in [6.45, 7) is 0.246. The highest BCUT2D eigenvalue weighted by Gasteiger charge is 2.32. The quantitative estimate of drug-likeness (QED) is 0.769. The number of alkyl halides is 1. The van der Waals surface area contributed by atoms with E-state index in [-0.39, 0.29) is 13.0 Å². The minimum atomic E-state index is -0.561. The summed E-state index contributed by atoms with van der Waals surface area (Å²) >= 11 is 5.75. The summed E-state index contributed by atoms with van der Waals surface area (Å²) in [5.74, 6) is -0.0227. The molecule has 6 heteroatoms. The Morgan fingerprint density at radius 3 is 2.67 bits per heavy atom. The van der Waals surface area contributed by atoms with Gasteiger partial charge in [-0.2, -0.15) is 5.26 Å². The van der Waals surface area contributed by atoms with Gasteiger partial charge in [0, 0.05) is 11.4 Å². The zero-order chi connectivity index (χ0) is 17.1. The maximum absolute atomic E-state index is 14.5. The number of amides is 1. The molecule has 0 radical (unpaired) electrons. The highest BCUT2D eigenvalue weighted by atomic mass is 35.5. The fourth-order valence-corrected chi connectivity index (χ4v) is 2.80. The second-order valence-electron chi connectivity index (χ2n) is 5.47. The predicted molar refractivity (Wildman–Crippen MR) is 89.2 cm³/mol. The van der Waals surface area contributed by atoms with Crippen molar-refractivity contribution in [3.8, 4) is 17.2 Å². The van der Waals surface area contributed by atoms with Gasteiger partial charge in [-0.1, -0.05) is 24.3 Å². The molecule has 2 aromatic carbocycles. The Bertz CT molecular complexity index is 802. The Morgan fingerprint density at radius 2 is 2.04 bits per heavy atom. The first-order valence-corrected chi connectivity index (χ1v) is 7.95. The summed E-state index contributed by atoms with van der Waals surface area (Å²) in [6.07, 6.45) is -0.919. The molecule has 0 spiro atoms. The average molecular weight is 345 g/mol. The largest absolute Gasteiger partial charge is 0.443 e. The van der Waals surface area contributed by atoms with E-state index in [4.69, 9.17) is 21.6 Å². The van der Waals surface area contributed by atoms with Crippen molar-refractivity contribution < 1.29 is 13.9 Å². The second-order valence-corrected chi connectivity index (χ2v) is 5.74. The van der Waals surface area contributed by atoms with Crippen LogP contribution in [-0.2, 0) is 10.6 Å². The van der Waals surface area contributed by atoms with Crippen molar-refractivity contribution in [1.29, 1.82) is 5.26 Å². The molecule has 1 amide bonds. The molecule has 0 saturated carbocycles. The van der Waals surface area contributed by atoms with E-state index in [1.54, 1.807) is 12.1 Å². The summed E-state index contributed by atoms with van der Waals surface area (Å²) in [5.41, 5.74) is 2.56. The molecule has 0 N–H and O–H groups in total. The molecule has 0 aromatic heterocycles. The van der Waals surface area contributed by atoms with Gasteiger partial charge in [0.25, 0.3) is 0 Å². The van der Waals surface area contributed by atoms with Gasteiger partial charge in [-0.15, -0.1) is 11.6 Å². The Kier molecular flexibility index (Phi) is 4.68. The number of nitrogens with zero attached hydrogens (tertiary/aromatic N) is 2. The molecule has 2 aromatic rings. The molecule has 3 rings (SSSR count). The number of rotatable bonds is 4. The first-order valence-electron chi connectivity index (χ1n) is 7.42. The standard InChI is InChI=1S/C18H14ClFN2O2/c19-10-12-1-3-13(4-2-12)16-6-5-14(9-17(16)20)22-11-15(7-8-21)24-18(22)23/h1-6,9,15H,7,10-11H2/t15-/m0/s1. The molecule has 1 atom stereocenters. The van der Waals surface area contributed by atoms with Crippen LogP contribution in [0.3, 0.4) is 0 Å². The van der Waals surface area contributed by atoms with Gasteiger partial charge in [0.1, 0.15) is 11.9 Å². The second kappa shape index (κ2) is 6.90. The Hall–Kier alpha value is -2.58. The third kappa shape index (κ3) is 3.19. The Morgan fingerprint density at radius 1 is 1.29 bits per heavy atom. The zero-order valence-electron chi connectivity index (χ0n) is 12.7. The van der Waals surface area contributed by atoms with Gasteiger partial charge in [-0.3, -0.25) is 4.90 Å². The van der Waals surface area contributed by atoms with Crippen LogP contribution in [0.5, 0.6) is 0 Å². The molecule has 4 nitrogen and oxygen atoms in total. The van der Waals surface area contributed by atoms with E-state index in [1.165, 1.54) is 11.0 Å². The van der Waals surface area contributed by atoms with E-state index in [1.807, 2.05) is 30.3 Å². The highest BCUT2D eigenvalue weighted by Crippen LogP contribution is 2.29. The van der Waals surface area contributed by atoms with Crippen molar-refractivity contribution in [2.45, 2.75) is 18.4 Å². The number of ether oxygens (including phenoxy) is 1. The number of carbonyl (C=O) groups excluding carboxylic acids is 1. The lowest BCUT2D eigenvalue weighted by Gasteiger charge is -2.14. The van der Waals surface area contributed by atoms with Gasteiger partial charge in [0.05, 0.1) is 24.7 Å². The van der Waals surface area contributed by atoms with E-state index < -0.39 is 18.0 Å². The smallest absolute Gasteiger partial charge is 0.414 e. The number of halogens is 2. The third-order valence-corrected chi connectivity index (χ3v) is 4.19. The molecule has 1 fully saturated rings. The number of carbonyl (C=O) groups is 1. The van der Waals surface area contributed by atoms with Crippen molar-refractivity contribution in [2.24, 2.45) is 0 Å². The van der Waals surface area contributed by atoms with Gasteiger partial charge in [0.2, 0.25) is 0 Å². The maximum atomic E-state index is 14.5. The Labute approximate surface area is 144 Å². The van der Waals surface area contributed by atoms with Crippen LogP contribution in [0.1, 0.15) is 12.0 Å². The number of anilines is 1. The molecular formula is C18H14ClFN2O2. The lowest BCUT2D eigenvalue weighted by atomic mass is 10.0. The van der Waals surface area contributed by atoms with E-state index in [2.05, 4.69) is 0 Å². The summed E-state index contributed by atoms with van der Waals surface area (Å²) in [6, 6.07) is 13.9. The van der Waals surface area contributed by atoms with Gasteiger partial charge in [-0.25, -0.2) is 9.18 Å². The number of hydrogen-bond acceptors (Lipinski definition) is 3. The number of hydrogen-bond donors (Lipinski definition) is 0. The molecule has 0 aliphatic carbocycles. The maximum Gasteiger partial charge on any atom is 0.414 e. The summed E-state index contributed by atoms with van der Waals surface area (Å²) in [4.78, 5) is 13.2. The number of benzene rings is 2. The summed E-state index contributed by atoms with van der Waals surface area (Å²) in [5, 5.41) is 8.69. The summed E-state index contributed by atoms with van der Waals surface area (Å²) < 4.78 is 19.6. The fraction of sp³-hybridized carbons (Fsp3) is 0.222. The molecule has 1 aliphatic rings. The fourth-order valence-electron chi connectivity index (χ4n) is 2.62. The molecular weight excluding hydrogens is 331 g/mol. The van der Waals surface area contributed by atoms with E-state index in [0.29, 0.717) is 17.1 Å². The van der Waals surface area contributed by atoms with Gasteiger partial charge >= 0.3 is 6.09 Å². The van der Waals surface area contributed by atoms with Crippen molar-refractivity contribution >= 4 is 23.4 Å².